The summed E-state index contributed by atoms with van der Waals surface area (Å²) in [4.78, 5) is 10.9. The van der Waals surface area contributed by atoms with Crippen molar-refractivity contribution in [3.05, 3.63) is 12.4 Å². The highest BCUT2D eigenvalue weighted by molar-refractivity contribution is 5.42. The van der Waals surface area contributed by atoms with E-state index in [1.807, 2.05) is 6.07 Å². The lowest BCUT2D eigenvalue weighted by Crippen LogP contribution is -2.46. The van der Waals surface area contributed by atoms with Crippen LogP contribution in [0.4, 0.5) is 5.82 Å². The SMILES string of the molecule is CCCOc1cc(N(CC)C2CCCNC2)ncn1. The first-order valence-corrected chi connectivity index (χ1v) is 7.27. The molecule has 1 aliphatic heterocycles. The van der Waals surface area contributed by atoms with E-state index in [1.165, 1.54) is 12.8 Å². The van der Waals surface area contributed by atoms with Crippen molar-refractivity contribution in [3.8, 4) is 5.88 Å². The van der Waals surface area contributed by atoms with Crippen molar-refractivity contribution in [1.82, 2.24) is 15.3 Å². The van der Waals surface area contributed by atoms with Gasteiger partial charge in [0.05, 0.1) is 6.61 Å². The number of rotatable bonds is 6. The van der Waals surface area contributed by atoms with Crippen molar-refractivity contribution in [1.29, 1.82) is 0 Å². The average molecular weight is 264 g/mol. The molecule has 2 heterocycles. The molecule has 0 aromatic carbocycles. The maximum absolute atomic E-state index is 5.58. The van der Waals surface area contributed by atoms with Gasteiger partial charge in [0.25, 0.3) is 0 Å². The predicted molar refractivity (Wildman–Crippen MR) is 76.7 cm³/mol. The highest BCUT2D eigenvalue weighted by Gasteiger charge is 2.21. The van der Waals surface area contributed by atoms with Crippen LogP contribution in [0.3, 0.4) is 0 Å². The second-order valence-corrected chi connectivity index (χ2v) is 4.85. The minimum Gasteiger partial charge on any atom is -0.478 e. The molecule has 1 aromatic heterocycles. The molecule has 2 rings (SSSR count). The van der Waals surface area contributed by atoms with E-state index in [9.17, 15) is 0 Å². The summed E-state index contributed by atoms with van der Waals surface area (Å²) >= 11 is 0. The van der Waals surface area contributed by atoms with Crippen LogP contribution < -0.4 is 15.0 Å². The normalized spacial score (nSPS) is 19.2. The van der Waals surface area contributed by atoms with Gasteiger partial charge in [0.2, 0.25) is 5.88 Å². The van der Waals surface area contributed by atoms with Gasteiger partial charge in [0.1, 0.15) is 12.1 Å². The maximum atomic E-state index is 5.58. The monoisotopic (exact) mass is 264 g/mol. The fourth-order valence-corrected chi connectivity index (χ4v) is 2.48. The molecule has 0 spiro atoms. The summed E-state index contributed by atoms with van der Waals surface area (Å²) in [6.07, 6.45) is 5.03. The number of ether oxygens (including phenoxy) is 1. The zero-order valence-corrected chi connectivity index (χ0v) is 11.9. The number of nitrogens with one attached hydrogen (secondary N) is 1. The molecular weight excluding hydrogens is 240 g/mol. The highest BCUT2D eigenvalue weighted by Crippen LogP contribution is 2.21. The Balaban J connectivity index is 2.08. The Morgan fingerprint density at radius 2 is 2.32 bits per heavy atom. The molecule has 0 radical (unpaired) electrons. The summed E-state index contributed by atoms with van der Waals surface area (Å²) in [6, 6.07) is 2.47. The summed E-state index contributed by atoms with van der Waals surface area (Å²) in [5.74, 6) is 1.64. The Labute approximate surface area is 115 Å². The van der Waals surface area contributed by atoms with Gasteiger partial charge >= 0.3 is 0 Å². The molecule has 1 N–H and O–H groups in total. The molecule has 0 saturated carbocycles. The van der Waals surface area contributed by atoms with Crippen LogP contribution in [-0.2, 0) is 0 Å². The van der Waals surface area contributed by atoms with Gasteiger partial charge < -0.3 is 15.0 Å². The number of hydrogen-bond acceptors (Lipinski definition) is 5. The molecule has 1 saturated heterocycles. The number of nitrogens with zero attached hydrogens (tertiary/aromatic N) is 3. The Morgan fingerprint density at radius 1 is 1.42 bits per heavy atom. The van der Waals surface area contributed by atoms with E-state index in [4.69, 9.17) is 4.74 Å². The van der Waals surface area contributed by atoms with Crippen LogP contribution in [-0.4, -0.2) is 42.3 Å². The first kappa shape index (κ1) is 14.1. The van der Waals surface area contributed by atoms with E-state index in [-0.39, 0.29) is 0 Å². The van der Waals surface area contributed by atoms with Gasteiger partial charge in [0, 0.05) is 25.2 Å². The molecule has 1 fully saturated rings. The summed E-state index contributed by atoms with van der Waals surface area (Å²) in [5, 5.41) is 3.45. The summed E-state index contributed by atoms with van der Waals surface area (Å²) in [6.45, 7) is 8.08. The van der Waals surface area contributed by atoms with E-state index >= 15 is 0 Å². The third-order valence-corrected chi connectivity index (χ3v) is 3.43. The molecule has 0 aliphatic carbocycles. The topological polar surface area (TPSA) is 50.3 Å². The molecule has 106 valence electrons. The highest BCUT2D eigenvalue weighted by atomic mass is 16.5. The van der Waals surface area contributed by atoms with E-state index in [0.717, 1.165) is 31.9 Å². The lowest BCUT2D eigenvalue weighted by molar-refractivity contribution is 0.304. The second-order valence-electron chi connectivity index (χ2n) is 4.85. The minimum atomic E-state index is 0.521. The number of aromatic nitrogens is 2. The van der Waals surface area contributed by atoms with Gasteiger partial charge in [0.15, 0.2) is 0 Å². The van der Waals surface area contributed by atoms with E-state index in [2.05, 4.69) is 34.0 Å². The zero-order valence-electron chi connectivity index (χ0n) is 11.9. The van der Waals surface area contributed by atoms with Crippen molar-refractivity contribution >= 4 is 5.82 Å². The van der Waals surface area contributed by atoms with Gasteiger partial charge in [-0.3, -0.25) is 0 Å². The van der Waals surface area contributed by atoms with Crippen LogP contribution in [0, 0.1) is 0 Å². The molecule has 0 bridgehead atoms. The summed E-state index contributed by atoms with van der Waals surface area (Å²) in [7, 11) is 0. The fraction of sp³-hybridized carbons (Fsp3) is 0.714. The number of likely N-dealkylation sites (N-methyl/N-ethyl adjacent to an activating group) is 1. The Hall–Kier alpha value is -1.36. The van der Waals surface area contributed by atoms with Crippen LogP contribution in [0.5, 0.6) is 5.88 Å². The first-order valence-electron chi connectivity index (χ1n) is 7.27. The van der Waals surface area contributed by atoms with Gasteiger partial charge in [-0.05, 0) is 32.7 Å². The Bertz CT molecular complexity index is 379. The molecule has 1 aliphatic rings. The van der Waals surface area contributed by atoms with Crippen LogP contribution in [0.25, 0.3) is 0 Å². The van der Waals surface area contributed by atoms with Crippen molar-refractivity contribution < 1.29 is 4.74 Å². The number of anilines is 1. The van der Waals surface area contributed by atoms with Gasteiger partial charge in [-0.1, -0.05) is 6.92 Å². The molecule has 5 nitrogen and oxygen atoms in total. The van der Waals surface area contributed by atoms with Crippen molar-refractivity contribution in [2.75, 3.05) is 31.1 Å². The predicted octanol–water partition coefficient (Wildman–Crippen LogP) is 1.84. The van der Waals surface area contributed by atoms with Crippen LogP contribution in [0.2, 0.25) is 0 Å². The summed E-state index contributed by atoms with van der Waals surface area (Å²) < 4.78 is 5.58. The molecule has 1 unspecified atom stereocenters. The van der Waals surface area contributed by atoms with Crippen molar-refractivity contribution in [2.24, 2.45) is 0 Å². The molecule has 1 aromatic rings. The van der Waals surface area contributed by atoms with Gasteiger partial charge in [-0.25, -0.2) is 9.97 Å². The third-order valence-electron chi connectivity index (χ3n) is 3.43. The largest absolute Gasteiger partial charge is 0.478 e. The van der Waals surface area contributed by atoms with Crippen LogP contribution in [0.1, 0.15) is 33.1 Å². The standard InChI is InChI=1S/C14H24N4O/c1-3-8-19-14-9-13(16-11-17-14)18(4-2)12-6-5-7-15-10-12/h9,11-12,15H,3-8,10H2,1-2H3. The van der Waals surface area contributed by atoms with Crippen LogP contribution >= 0.6 is 0 Å². The molecule has 5 heteroatoms. The van der Waals surface area contributed by atoms with E-state index < -0.39 is 0 Å². The molecular formula is C14H24N4O. The first-order chi connectivity index (χ1) is 9.35. The lowest BCUT2D eigenvalue weighted by Gasteiger charge is -2.34. The van der Waals surface area contributed by atoms with Crippen molar-refractivity contribution in [2.45, 2.75) is 39.2 Å². The Kier molecular flexibility index (Phi) is 5.39. The fourth-order valence-electron chi connectivity index (χ4n) is 2.48. The molecule has 1 atom stereocenters. The Morgan fingerprint density at radius 3 is 3.00 bits per heavy atom. The third kappa shape index (κ3) is 3.80. The molecule has 0 amide bonds. The maximum Gasteiger partial charge on any atom is 0.218 e. The van der Waals surface area contributed by atoms with Gasteiger partial charge in [-0.15, -0.1) is 0 Å². The number of hydrogen-bond donors (Lipinski definition) is 1. The van der Waals surface area contributed by atoms with Crippen LogP contribution in [0.15, 0.2) is 12.4 Å². The second kappa shape index (κ2) is 7.28. The zero-order chi connectivity index (χ0) is 13.5. The van der Waals surface area contributed by atoms with E-state index in [0.29, 0.717) is 18.5 Å². The minimum absolute atomic E-state index is 0.521. The number of piperidine rings is 1. The quantitative estimate of drug-likeness (QED) is 0.849. The van der Waals surface area contributed by atoms with Crippen molar-refractivity contribution in [3.63, 3.8) is 0 Å². The lowest BCUT2D eigenvalue weighted by atomic mass is 10.1. The smallest absolute Gasteiger partial charge is 0.218 e. The average Bonchev–Trinajstić information content (AvgIpc) is 2.47. The van der Waals surface area contributed by atoms with E-state index in [1.54, 1.807) is 6.33 Å². The molecule has 19 heavy (non-hydrogen) atoms. The summed E-state index contributed by atoms with van der Waals surface area (Å²) in [5.41, 5.74) is 0. The van der Waals surface area contributed by atoms with Gasteiger partial charge in [-0.2, -0.15) is 0 Å².